The summed E-state index contributed by atoms with van der Waals surface area (Å²) in [6.45, 7) is 2.55. The zero-order chi connectivity index (χ0) is 15.8. The van der Waals surface area contributed by atoms with Crippen molar-refractivity contribution in [2.45, 2.75) is 38.8 Å². The molecule has 0 bridgehead atoms. The van der Waals surface area contributed by atoms with Crippen LogP contribution in [0, 0.1) is 6.92 Å². The van der Waals surface area contributed by atoms with Crippen molar-refractivity contribution < 1.29 is 9.52 Å². The van der Waals surface area contributed by atoms with Crippen molar-refractivity contribution >= 4 is 0 Å². The summed E-state index contributed by atoms with van der Waals surface area (Å²) in [7, 11) is 0. The van der Waals surface area contributed by atoms with Gasteiger partial charge in [0.15, 0.2) is 5.76 Å². The highest BCUT2D eigenvalue weighted by Crippen LogP contribution is 2.25. The smallest absolute Gasteiger partial charge is 0.216 e. The van der Waals surface area contributed by atoms with Crippen LogP contribution >= 0.6 is 0 Å². The lowest BCUT2D eigenvalue weighted by atomic mass is 9.96. The number of aliphatic hydroxyl groups excluding tert-OH is 1. The summed E-state index contributed by atoms with van der Waals surface area (Å²) in [4.78, 5) is 4.39. The molecule has 1 atom stereocenters. The lowest BCUT2D eigenvalue weighted by Gasteiger charge is -2.18. The molecule has 1 unspecified atom stereocenters. The number of aromatic nitrogens is 3. The fourth-order valence-electron chi connectivity index (χ4n) is 3.16. The minimum absolute atomic E-state index is 0.273. The van der Waals surface area contributed by atoms with E-state index in [1.165, 1.54) is 5.56 Å². The molecule has 23 heavy (non-hydrogen) atoms. The second-order valence-corrected chi connectivity index (χ2v) is 6.10. The maximum atomic E-state index is 9.87. The Labute approximate surface area is 134 Å². The summed E-state index contributed by atoms with van der Waals surface area (Å²) in [5.74, 6) is 1.41. The maximum absolute atomic E-state index is 9.87. The molecular weight excluding hydrogens is 290 g/mol. The van der Waals surface area contributed by atoms with Gasteiger partial charge < -0.3 is 9.52 Å². The molecule has 0 aliphatic heterocycles. The molecule has 0 amide bonds. The van der Waals surface area contributed by atoms with Crippen LogP contribution in [0.1, 0.15) is 29.1 Å². The molecule has 1 aliphatic rings. The average molecular weight is 309 g/mol. The van der Waals surface area contributed by atoms with E-state index in [0.29, 0.717) is 18.9 Å². The van der Waals surface area contributed by atoms with Gasteiger partial charge in [0.1, 0.15) is 6.54 Å². The summed E-state index contributed by atoms with van der Waals surface area (Å²) >= 11 is 0. The van der Waals surface area contributed by atoms with Gasteiger partial charge in [-0.1, -0.05) is 24.3 Å². The number of rotatable bonds is 3. The third-order valence-corrected chi connectivity index (χ3v) is 4.46. The standard InChI is InChI=1S/C18H19N3O2/c1-12-4-2-3-5-15(12)17-10-19-18(23-17)11-21-16-8-14(22)7-6-13(16)9-20-21/h2-5,9-10,14,22H,6-8,11H2,1H3. The van der Waals surface area contributed by atoms with Crippen molar-refractivity contribution in [2.24, 2.45) is 0 Å². The van der Waals surface area contributed by atoms with E-state index < -0.39 is 0 Å². The van der Waals surface area contributed by atoms with Crippen LogP contribution in [0.15, 0.2) is 41.1 Å². The molecule has 1 aliphatic carbocycles. The maximum Gasteiger partial charge on any atom is 0.216 e. The quantitative estimate of drug-likeness (QED) is 0.808. The van der Waals surface area contributed by atoms with Crippen LogP contribution in [-0.2, 0) is 19.4 Å². The van der Waals surface area contributed by atoms with Gasteiger partial charge in [-0.2, -0.15) is 5.10 Å². The number of hydrogen-bond donors (Lipinski definition) is 1. The third kappa shape index (κ3) is 2.68. The Morgan fingerprint density at radius 1 is 1.30 bits per heavy atom. The molecule has 0 spiro atoms. The van der Waals surface area contributed by atoms with Crippen LogP contribution in [0.3, 0.4) is 0 Å². The minimum Gasteiger partial charge on any atom is -0.439 e. The Balaban J connectivity index is 1.59. The van der Waals surface area contributed by atoms with E-state index in [2.05, 4.69) is 23.1 Å². The van der Waals surface area contributed by atoms with E-state index in [-0.39, 0.29) is 6.10 Å². The molecule has 118 valence electrons. The topological polar surface area (TPSA) is 64.1 Å². The molecule has 0 fully saturated rings. The number of oxazole rings is 1. The lowest BCUT2D eigenvalue weighted by Crippen LogP contribution is -2.21. The highest BCUT2D eigenvalue weighted by atomic mass is 16.4. The normalized spacial score (nSPS) is 17.2. The van der Waals surface area contributed by atoms with Crippen LogP contribution in [0.4, 0.5) is 0 Å². The van der Waals surface area contributed by atoms with E-state index in [1.807, 2.05) is 29.1 Å². The molecule has 0 radical (unpaired) electrons. The predicted molar refractivity (Wildman–Crippen MR) is 86.0 cm³/mol. The molecule has 2 heterocycles. The Morgan fingerprint density at radius 3 is 3.04 bits per heavy atom. The fourth-order valence-corrected chi connectivity index (χ4v) is 3.16. The molecule has 4 rings (SSSR count). The van der Waals surface area contributed by atoms with Crippen molar-refractivity contribution in [2.75, 3.05) is 0 Å². The number of aliphatic hydroxyl groups is 1. The van der Waals surface area contributed by atoms with Crippen LogP contribution in [0.25, 0.3) is 11.3 Å². The number of nitrogens with zero attached hydrogens (tertiary/aromatic N) is 3. The first kappa shape index (κ1) is 14.2. The molecular formula is C18H19N3O2. The number of benzene rings is 1. The monoisotopic (exact) mass is 309 g/mol. The minimum atomic E-state index is -0.273. The first-order valence-electron chi connectivity index (χ1n) is 7.93. The van der Waals surface area contributed by atoms with Crippen molar-refractivity contribution in [3.63, 3.8) is 0 Å². The highest BCUT2D eigenvalue weighted by molar-refractivity contribution is 5.60. The lowest BCUT2D eigenvalue weighted by molar-refractivity contribution is 0.155. The number of aryl methyl sites for hydroxylation is 2. The zero-order valence-electron chi connectivity index (χ0n) is 13.1. The number of hydrogen-bond acceptors (Lipinski definition) is 4. The third-order valence-electron chi connectivity index (χ3n) is 4.46. The SMILES string of the molecule is Cc1ccccc1-c1cnc(Cn2ncc3c2CC(O)CC3)o1. The fraction of sp³-hybridized carbons (Fsp3) is 0.333. The van der Waals surface area contributed by atoms with E-state index >= 15 is 0 Å². The Hall–Kier alpha value is -2.40. The van der Waals surface area contributed by atoms with E-state index in [4.69, 9.17) is 4.42 Å². The van der Waals surface area contributed by atoms with Crippen molar-refractivity contribution in [1.29, 1.82) is 0 Å². The molecule has 1 N–H and O–H groups in total. The molecule has 5 nitrogen and oxygen atoms in total. The molecule has 1 aromatic carbocycles. The van der Waals surface area contributed by atoms with Gasteiger partial charge in [0.25, 0.3) is 0 Å². The van der Waals surface area contributed by atoms with Crippen LogP contribution in [-0.4, -0.2) is 26.0 Å². The highest BCUT2D eigenvalue weighted by Gasteiger charge is 2.21. The van der Waals surface area contributed by atoms with Crippen molar-refractivity contribution in [1.82, 2.24) is 14.8 Å². The molecule has 2 aromatic heterocycles. The summed E-state index contributed by atoms with van der Waals surface area (Å²) in [5.41, 5.74) is 4.54. The van der Waals surface area contributed by atoms with Gasteiger partial charge in [0, 0.05) is 17.7 Å². The van der Waals surface area contributed by atoms with Gasteiger partial charge in [0.2, 0.25) is 5.89 Å². The van der Waals surface area contributed by atoms with Crippen molar-refractivity contribution in [3.8, 4) is 11.3 Å². The predicted octanol–water partition coefficient (Wildman–Crippen LogP) is 2.74. The van der Waals surface area contributed by atoms with Crippen molar-refractivity contribution in [3.05, 3.63) is 59.4 Å². The van der Waals surface area contributed by atoms with Gasteiger partial charge in [-0.25, -0.2) is 4.98 Å². The molecule has 0 saturated heterocycles. The Morgan fingerprint density at radius 2 is 2.17 bits per heavy atom. The Kier molecular flexibility index (Phi) is 3.50. The molecule has 3 aromatic rings. The Bertz CT molecular complexity index is 834. The summed E-state index contributed by atoms with van der Waals surface area (Å²) in [6, 6.07) is 8.10. The van der Waals surface area contributed by atoms with Crippen LogP contribution < -0.4 is 0 Å². The first-order chi connectivity index (χ1) is 11.2. The van der Waals surface area contributed by atoms with E-state index in [0.717, 1.165) is 35.4 Å². The summed E-state index contributed by atoms with van der Waals surface area (Å²) in [5, 5.41) is 14.3. The largest absolute Gasteiger partial charge is 0.439 e. The van der Waals surface area contributed by atoms with Gasteiger partial charge in [-0.05, 0) is 30.9 Å². The van der Waals surface area contributed by atoms with Gasteiger partial charge in [-0.15, -0.1) is 0 Å². The van der Waals surface area contributed by atoms with Gasteiger partial charge >= 0.3 is 0 Å². The molecule has 5 heteroatoms. The summed E-state index contributed by atoms with van der Waals surface area (Å²) < 4.78 is 7.80. The van der Waals surface area contributed by atoms with E-state index in [1.54, 1.807) is 6.20 Å². The molecule has 0 saturated carbocycles. The second kappa shape index (κ2) is 5.66. The van der Waals surface area contributed by atoms with Crippen LogP contribution in [0.5, 0.6) is 0 Å². The van der Waals surface area contributed by atoms with E-state index in [9.17, 15) is 5.11 Å². The van der Waals surface area contributed by atoms with Gasteiger partial charge in [0.05, 0.1) is 18.5 Å². The van der Waals surface area contributed by atoms with Crippen LogP contribution in [0.2, 0.25) is 0 Å². The second-order valence-electron chi connectivity index (χ2n) is 6.10. The van der Waals surface area contributed by atoms with Gasteiger partial charge in [-0.3, -0.25) is 4.68 Å². The zero-order valence-corrected chi connectivity index (χ0v) is 13.1. The average Bonchev–Trinajstić information content (AvgIpc) is 3.16. The first-order valence-corrected chi connectivity index (χ1v) is 7.93. The summed E-state index contributed by atoms with van der Waals surface area (Å²) in [6.07, 6.45) is 5.74. The number of fused-ring (bicyclic) bond motifs is 1.